The van der Waals surface area contributed by atoms with Gasteiger partial charge in [-0.3, -0.25) is 4.98 Å². The largest absolute Gasteiger partial charge is 0.479 e. The van der Waals surface area contributed by atoms with E-state index >= 15 is 0 Å². The van der Waals surface area contributed by atoms with Crippen molar-refractivity contribution in [2.24, 2.45) is 10.9 Å². The summed E-state index contributed by atoms with van der Waals surface area (Å²) in [6.07, 6.45) is 0.698. The van der Waals surface area contributed by atoms with E-state index in [4.69, 9.17) is 26.9 Å². The number of hydrogen-bond donors (Lipinski definition) is 1. The van der Waals surface area contributed by atoms with Gasteiger partial charge in [-0.25, -0.2) is 4.79 Å². The van der Waals surface area contributed by atoms with E-state index < -0.39 is 12.1 Å². The van der Waals surface area contributed by atoms with E-state index in [0.29, 0.717) is 16.5 Å². The summed E-state index contributed by atoms with van der Waals surface area (Å²) in [7, 11) is 0. The highest BCUT2D eigenvalue weighted by molar-refractivity contribution is 6.30. The Morgan fingerprint density at radius 1 is 1.32 bits per heavy atom. The lowest BCUT2D eigenvalue weighted by Crippen LogP contribution is -2.26. The fourth-order valence-corrected chi connectivity index (χ4v) is 1.70. The van der Waals surface area contributed by atoms with Crippen molar-refractivity contribution in [2.75, 3.05) is 0 Å². The molecule has 0 aliphatic carbocycles. The van der Waals surface area contributed by atoms with Gasteiger partial charge in [-0.05, 0) is 37.3 Å². The molecule has 0 unspecified atom stereocenters. The minimum Gasteiger partial charge on any atom is -0.479 e. The number of carbonyl (C=O) groups is 1. The van der Waals surface area contributed by atoms with Crippen LogP contribution in [0, 0.1) is 0 Å². The normalized spacial score (nSPS) is 12.5. The zero-order chi connectivity index (χ0) is 15.9. The van der Waals surface area contributed by atoms with E-state index in [1.807, 2.05) is 0 Å². The van der Waals surface area contributed by atoms with Crippen LogP contribution in [-0.2, 0) is 9.63 Å². The number of nitrogens with zero attached hydrogens (tertiary/aromatic N) is 2. The van der Waals surface area contributed by atoms with Crippen molar-refractivity contribution in [2.45, 2.75) is 13.0 Å². The molecule has 1 atom stereocenters. The number of rotatable bonds is 5. The maximum absolute atomic E-state index is 11.8. The van der Waals surface area contributed by atoms with Crippen molar-refractivity contribution < 1.29 is 14.4 Å². The monoisotopic (exact) mass is 319 g/mol. The molecule has 7 heteroatoms. The third kappa shape index (κ3) is 4.46. The van der Waals surface area contributed by atoms with E-state index in [1.165, 1.54) is 6.92 Å². The molecule has 0 aliphatic heterocycles. The Hall–Kier alpha value is -2.60. The van der Waals surface area contributed by atoms with Gasteiger partial charge in [0.05, 0.1) is 0 Å². The Kier molecular flexibility index (Phi) is 5.32. The van der Waals surface area contributed by atoms with Gasteiger partial charge in [0.25, 0.3) is 0 Å². The zero-order valence-electron chi connectivity index (χ0n) is 11.8. The third-order valence-electron chi connectivity index (χ3n) is 2.60. The smallest absolute Gasteiger partial charge is 0.374 e. The molecule has 1 aromatic heterocycles. The molecule has 1 heterocycles. The summed E-state index contributed by atoms with van der Waals surface area (Å²) in [5, 5.41) is 4.06. The number of nitrogens with two attached hydrogens (primary N) is 1. The van der Waals surface area contributed by atoms with Crippen molar-refractivity contribution >= 4 is 23.4 Å². The molecule has 0 fully saturated rings. The highest BCUT2D eigenvalue weighted by Crippen LogP contribution is 2.18. The van der Waals surface area contributed by atoms with Crippen LogP contribution in [0.25, 0.3) is 0 Å². The number of amidine groups is 1. The summed E-state index contributed by atoms with van der Waals surface area (Å²) in [6.45, 7) is 1.54. The Morgan fingerprint density at radius 2 is 2.14 bits per heavy atom. The predicted octanol–water partition coefficient (Wildman–Crippen LogP) is 2.37. The third-order valence-corrected chi connectivity index (χ3v) is 2.84. The van der Waals surface area contributed by atoms with Crippen molar-refractivity contribution in [1.82, 2.24) is 4.98 Å². The second-order valence-electron chi connectivity index (χ2n) is 4.32. The summed E-state index contributed by atoms with van der Waals surface area (Å²) in [6, 6.07) is 11.8. The molecule has 0 saturated carbocycles. The van der Waals surface area contributed by atoms with Gasteiger partial charge in [0, 0.05) is 11.2 Å². The summed E-state index contributed by atoms with van der Waals surface area (Å²) in [4.78, 5) is 20.5. The van der Waals surface area contributed by atoms with E-state index in [0.717, 1.165) is 0 Å². The van der Waals surface area contributed by atoms with Gasteiger partial charge in [0.2, 0.25) is 0 Å². The number of oxime groups is 1. The van der Waals surface area contributed by atoms with E-state index in [1.54, 1.807) is 48.7 Å². The van der Waals surface area contributed by atoms with Crippen LogP contribution in [0.1, 0.15) is 12.6 Å². The molecular weight excluding hydrogens is 306 g/mol. The quantitative estimate of drug-likeness (QED) is 0.395. The van der Waals surface area contributed by atoms with Gasteiger partial charge in [0.1, 0.15) is 11.4 Å². The average molecular weight is 320 g/mol. The highest BCUT2D eigenvalue weighted by Gasteiger charge is 2.17. The standard InChI is InChI=1S/C15H14ClN3O3/c1-10(21-12-6-4-5-11(16)9-12)15(20)22-19-14(17)13-7-2-3-8-18-13/h2-10H,1H3,(H2,17,19)/t10-/m0/s1. The first kappa shape index (κ1) is 15.8. The molecule has 6 nitrogen and oxygen atoms in total. The second-order valence-corrected chi connectivity index (χ2v) is 4.76. The molecule has 1 aromatic carbocycles. The van der Waals surface area contributed by atoms with Gasteiger partial charge in [-0.15, -0.1) is 0 Å². The van der Waals surface area contributed by atoms with Crippen LogP contribution in [0.15, 0.2) is 53.8 Å². The summed E-state index contributed by atoms with van der Waals surface area (Å²) >= 11 is 5.84. The van der Waals surface area contributed by atoms with Gasteiger partial charge < -0.3 is 15.3 Å². The lowest BCUT2D eigenvalue weighted by Gasteiger charge is -2.11. The molecule has 0 aliphatic rings. The number of aromatic nitrogens is 1. The summed E-state index contributed by atoms with van der Waals surface area (Å²) in [5.41, 5.74) is 6.08. The van der Waals surface area contributed by atoms with E-state index in [9.17, 15) is 4.79 Å². The first-order valence-electron chi connectivity index (χ1n) is 6.44. The van der Waals surface area contributed by atoms with Crippen LogP contribution < -0.4 is 10.5 Å². The van der Waals surface area contributed by atoms with Gasteiger partial charge in [-0.2, -0.15) is 0 Å². The number of benzene rings is 1. The molecule has 0 bridgehead atoms. The molecule has 0 radical (unpaired) electrons. The fraction of sp³-hybridized carbons (Fsp3) is 0.133. The number of halogens is 1. The first-order valence-corrected chi connectivity index (χ1v) is 6.82. The molecule has 0 amide bonds. The first-order chi connectivity index (χ1) is 10.6. The zero-order valence-corrected chi connectivity index (χ0v) is 12.5. The van der Waals surface area contributed by atoms with Crippen LogP contribution in [0.3, 0.4) is 0 Å². The molecule has 0 spiro atoms. The Morgan fingerprint density at radius 3 is 2.82 bits per heavy atom. The van der Waals surface area contributed by atoms with Crippen LogP contribution in [0.4, 0.5) is 0 Å². The maximum Gasteiger partial charge on any atom is 0.374 e. The topological polar surface area (TPSA) is 86.8 Å². The summed E-state index contributed by atoms with van der Waals surface area (Å²) in [5.74, 6) is -0.221. The summed E-state index contributed by atoms with van der Waals surface area (Å²) < 4.78 is 5.41. The lowest BCUT2D eigenvalue weighted by molar-refractivity contribution is -0.151. The molecular formula is C15H14ClN3O3. The molecule has 22 heavy (non-hydrogen) atoms. The molecule has 114 valence electrons. The molecule has 2 aromatic rings. The Labute approximate surface area is 132 Å². The van der Waals surface area contributed by atoms with Gasteiger partial charge in [-0.1, -0.05) is 28.9 Å². The van der Waals surface area contributed by atoms with Crippen LogP contribution >= 0.6 is 11.6 Å². The average Bonchev–Trinajstić information content (AvgIpc) is 2.53. The minimum absolute atomic E-state index is 0.00362. The number of carbonyl (C=O) groups excluding carboxylic acids is 1. The van der Waals surface area contributed by atoms with Gasteiger partial charge in [0.15, 0.2) is 11.9 Å². The van der Waals surface area contributed by atoms with Gasteiger partial charge >= 0.3 is 5.97 Å². The van der Waals surface area contributed by atoms with Crippen LogP contribution in [0.2, 0.25) is 5.02 Å². The Bertz CT molecular complexity index is 677. The lowest BCUT2D eigenvalue weighted by atomic mass is 10.3. The number of hydrogen-bond acceptors (Lipinski definition) is 5. The highest BCUT2D eigenvalue weighted by atomic mass is 35.5. The number of pyridine rings is 1. The van der Waals surface area contributed by atoms with E-state index in [-0.39, 0.29) is 5.84 Å². The predicted molar refractivity (Wildman–Crippen MR) is 82.6 cm³/mol. The van der Waals surface area contributed by atoms with Crippen molar-refractivity contribution in [3.8, 4) is 5.75 Å². The second kappa shape index (κ2) is 7.42. The van der Waals surface area contributed by atoms with E-state index in [2.05, 4.69) is 10.1 Å². The fourth-order valence-electron chi connectivity index (χ4n) is 1.52. The van der Waals surface area contributed by atoms with Crippen molar-refractivity contribution in [1.29, 1.82) is 0 Å². The Balaban J connectivity index is 1.94. The van der Waals surface area contributed by atoms with Crippen molar-refractivity contribution in [3.05, 3.63) is 59.4 Å². The molecule has 2 rings (SSSR count). The molecule has 0 saturated heterocycles. The minimum atomic E-state index is -0.862. The van der Waals surface area contributed by atoms with Crippen LogP contribution in [0.5, 0.6) is 5.75 Å². The maximum atomic E-state index is 11.8. The van der Waals surface area contributed by atoms with Crippen molar-refractivity contribution in [3.63, 3.8) is 0 Å². The van der Waals surface area contributed by atoms with Crippen LogP contribution in [-0.4, -0.2) is 22.9 Å². The molecule has 2 N–H and O–H groups in total. The number of ether oxygens (including phenoxy) is 1. The SMILES string of the molecule is C[C@H](Oc1cccc(Cl)c1)C(=O)O/N=C(/N)c1ccccn1.